The maximum absolute atomic E-state index is 11.8. The first kappa shape index (κ1) is 13.4. The standard InChI is InChI=1S/C12H9N3O5/c16-12-11(15(19)20)2-1-7-13(12)8-9-3-5-10(6-4-9)14(17)18/h1-7H,8H2. The summed E-state index contributed by atoms with van der Waals surface area (Å²) in [4.78, 5) is 31.7. The van der Waals surface area contributed by atoms with E-state index in [4.69, 9.17) is 0 Å². The molecule has 1 heterocycles. The molecular formula is C12H9N3O5. The summed E-state index contributed by atoms with van der Waals surface area (Å²) in [7, 11) is 0. The fourth-order valence-electron chi connectivity index (χ4n) is 1.71. The van der Waals surface area contributed by atoms with Crippen molar-refractivity contribution in [2.24, 2.45) is 0 Å². The van der Waals surface area contributed by atoms with Crippen LogP contribution in [0.15, 0.2) is 47.4 Å². The van der Waals surface area contributed by atoms with E-state index in [-0.39, 0.29) is 12.2 Å². The van der Waals surface area contributed by atoms with Crippen LogP contribution in [0, 0.1) is 20.2 Å². The lowest BCUT2D eigenvalue weighted by Crippen LogP contribution is -2.22. The molecule has 0 radical (unpaired) electrons. The van der Waals surface area contributed by atoms with Crippen LogP contribution in [0.3, 0.4) is 0 Å². The molecule has 0 saturated heterocycles. The van der Waals surface area contributed by atoms with Gasteiger partial charge in [0.1, 0.15) is 0 Å². The van der Waals surface area contributed by atoms with Gasteiger partial charge in [0.15, 0.2) is 0 Å². The van der Waals surface area contributed by atoms with E-state index in [0.29, 0.717) is 5.56 Å². The van der Waals surface area contributed by atoms with Crippen molar-refractivity contribution in [2.45, 2.75) is 6.54 Å². The smallest absolute Gasteiger partial charge is 0.305 e. The molecule has 0 aliphatic rings. The minimum Gasteiger partial charge on any atom is -0.305 e. The van der Waals surface area contributed by atoms with Crippen molar-refractivity contribution in [2.75, 3.05) is 0 Å². The van der Waals surface area contributed by atoms with Gasteiger partial charge in [0, 0.05) is 24.4 Å². The zero-order valence-electron chi connectivity index (χ0n) is 10.1. The SMILES string of the molecule is O=c1c([N+](=O)[O-])cccn1Cc1ccc([N+](=O)[O-])cc1. The van der Waals surface area contributed by atoms with E-state index in [1.165, 1.54) is 41.1 Å². The van der Waals surface area contributed by atoms with E-state index in [1.54, 1.807) is 0 Å². The predicted molar refractivity (Wildman–Crippen MR) is 69.6 cm³/mol. The van der Waals surface area contributed by atoms with Gasteiger partial charge in [0.25, 0.3) is 5.69 Å². The Hall–Kier alpha value is -3.03. The van der Waals surface area contributed by atoms with Gasteiger partial charge in [-0.25, -0.2) is 0 Å². The summed E-state index contributed by atoms with van der Waals surface area (Å²) in [5, 5.41) is 21.2. The average molecular weight is 275 g/mol. The van der Waals surface area contributed by atoms with Crippen LogP contribution in [0.5, 0.6) is 0 Å². The highest BCUT2D eigenvalue weighted by Crippen LogP contribution is 2.12. The van der Waals surface area contributed by atoms with Crippen LogP contribution in [0.2, 0.25) is 0 Å². The Labute approximate surface area is 112 Å². The van der Waals surface area contributed by atoms with Crippen LogP contribution in [-0.4, -0.2) is 14.4 Å². The quantitative estimate of drug-likeness (QED) is 0.623. The molecule has 1 aromatic heterocycles. The highest BCUT2D eigenvalue weighted by Gasteiger charge is 2.13. The summed E-state index contributed by atoms with van der Waals surface area (Å²) in [6, 6.07) is 8.18. The minimum atomic E-state index is -0.741. The normalized spacial score (nSPS) is 10.2. The maximum Gasteiger partial charge on any atom is 0.334 e. The molecule has 20 heavy (non-hydrogen) atoms. The third-order valence-corrected chi connectivity index (χ3v) is 2.70. The van der Waals surface area contributed by atoms with Crippen LogP contribution in [0.1, 0.15) is 5.56 Å². The van der Waals surface area contributed by atoms with Crippen molar-refractivity contribution in [1.29, 1.82) is 0 Å². The number of aromatic nitrogens is 1. The first-order chi connectivity index (χ1) is 9.49. The van der Waals surface area contributed by atoms with Gasteiger partial charge in [-0.2, -0.15) is 0 Å². The highest BCUT2D eigenvalue weighted by molar-refractivity contribution is 5.33. The van der Waals surface area contributed by atoms with E-state index in [9.17, 15) is 25.0 Å². The Morgan fingerprint density at radius 2 is 1.65 bits per heavy atom. The molecule has 2 rings (SSSR count). The van der Waals surface area contributed by atoms with Crippen molar-refractivity contribution < 1.29 is 9.85 Å². The van der Waals surface area contributed by atoms with Crippen molar-refractivity contribution >= 4 is 11.4 Å². The Morgan fingerprint density at radius 1 is 1.00 bits per heavy atom. The van der Waals surface area contributed by atoms with E-state index in [0.717, 1.165) is 6.07 Å². The number of nitro groups is 2. The lowest BCUT2D eigenvalue weighted by Gasteiger charge is -2.05. The molecule has 0 bridgehead atoms. The topological polar surface area (TPSA) is 108 Å². The Kier molecular flexibility index (Phi) is 3.56. The number of hydrogen-bond acceptors (Lipinski definition) is 5. The van der Waals surface area contributed by atoms with Crippen LogP contribution in [-0.2, 0) is 6.54 Å². The number of hydrogen-bond donors (Lipinski definition) is 0. The van der Waals surface area contributed by atoms with Gasteiger partial charge in [-0.05, 0) is 11.6 Å². The Morgan fingerprint density at radius 3 is 2.20 bits per heavy atom. The molecule has 0 atom stereocenters. The second-order valence-electron chi connectivity index (χ2n) is 4.01. The molecule has 0 N–H and O–H groups in total. The molecule has 102 valence electrons. The van der Waals surface area contributed by atoms with E-state index < -0.39 is 21.1 Å². The number of rotatable bonds is 4. The molecular weight excluding hydrogens is 266 g/mol. The molecule has 0 unspecified atom stereocenters. The largest absolute Gasteiger partial charge is 0.334 e. The molecule has 8 nitrogen and oxygen atoms in total. The summed E-state index contributed by atoms with van der Waals surface area (Å²) < 4.78 is 1.18. The lowest BCUT2D eigenvalue weighted by molar-refractivity contribution is -0.386. The lowest BCUT2D eigenvalue weighted by atomic mass is 10.2. The van der Waals surface area contributed by atoms with Crippen molar-refractivity contribution in [3.63, 3.8) is 0 Å². The summed E-state index contributed by atoms with van der Waals surface area (Å²) in [6.07, 6.45) is 1.43. The third kappa shape index (κ3) is 2.69. The molecule has 8 heteroatoms. The number of nitro benzene ring substituents is 1. The summed E-state index contributed by atoms with van der Waals surface area (Å²) in [5.74, 6) is 0. The van der Waals surface area contributed by atoms with Gasteiger partial charge in [-0.3, -0.25) is 25.0 Å². The summed E-state index contributed by atoms with van der Waals surface area (Å²) in [6.45, 7) is 0.110. The first-order valence-electron chi connectivity index (χ1n) is 5.56. The van der Waals surface area contributed by atoms with Crippen molar-refractivity contribution in [3.8, 4) is 0 Å². The summed E-state index contributed by atoms with van der Waals surface area (Å²) in [5.41, 5.74) is -0.636. The van der Waals surface area contributed by atoms with Crippen molar-refractivity contribution in [3.05, 3.63) is 78.7 Å². The number of non-ortho nitro benzene ring substituents is 1. The van der Waals surface area contributed by atoms with Gasteiger partial charge in [0.05, 0.1) is 16.4 Å². The second-order valence-corrected chi connectivity index (χ2v) is 4.01. The minimum absolute atomic E-state index is 0.0554. The van der Waals surface area contributed by atoms with Crippen LogP contribution < -0.4 is 5.56 Å². The molecule has 0 amide bonds. The summed E-state index contributed by atoms with van der Waals surface area (Å²) >= 11 is 0. The number of nitrogens with zero attached hydrogens (tertiary/aromatic N) is 3. The van der Waals surface area contributed by atoms with Crippen LogP contribution in [0.25, 0.3) is 0 Å². The van der Waals surface area contributed by atoms with Gasteiger partial charge < -0.3 is 4.57 Å². The number of pyridine rings is 1. The van der Waals surface area contributed by atoms with Crippen LogP contribution >= 0.6 is 0 Å². The fourth-order valence-corrected chi connectivity index (χ4v) is 1.71. The monoisotopic (exact) mass is 275 g/mol. The highest BCUT2D eigenvalue weighted by atomic mass is 16.6. The van der Waals surface area contributed by atoms with Crippen LogP contribution in [0.4, 0.5) is 11.4 Å². The van der Waals surface area contributed by atoms with Crippen molar-refractivity contribution in [1.82, 2.24) is 4.57 Å². The zero-order chi connectivity index (χ0) is 14.7. The maximum atomic E-state index is 11.8. The van der Waals surface area contributed by atoms with E-state index >= 15 is 0 Å². The van der Waals surface area contributed by atoms with Gasteiger partial charge in [-0.1, -0.05) is 12.1 Å². The molecule has 0 fully saturated rings. The molecule has 0 spiro atoms. The molecule has 0 aliphatic carbocycles. The predicted octanol–water partition coefficient (Wildman–Crippen LogP) is 1.71. The Balaban J connectivity index is 2.31. The zero-order valence-corrected chi connectivity index (χ0v) is 10.1. The fraction of sp³-hybridized carbons (Fsp3) is 0.0833. The Bertz CT molecular complexity index is 721. The first-order valence-corrected chi connectivity index (χ1v) is 5.56. The van der Waals surface area contributed by atoms with E-state index in [1.807, 2.05) is 0 Å². The van der Waals surface area contributed by atoms with Gasteiger partial charge >= 0.3 is 11.2 Å². The van der Waals surface area contributed by atoms with Gasteiger partial charge in [-0.15, -0.1) is 0 Å². The van der Waals surface area contributed by atoms with Gasteiger partial charge in [0.2, 0.25) is 0 Å². The average Bonchev–Trinajstić information content (AvgIpc) is 2.41. The molecule has 2 aromatic rings. The second kappa shape index (κ2) is 5.31. The molecule has 1 aromatic carbocycles. The molecule has 0 saturated carbocycles. The van der Waals surface area contributed by atoms with E-state index in [2.05, 4.69) is 0 Å². The third-order valence-electron chi connectivity index (χ3n) is 2.70. The molecule has 0 aliphatic heterocycles. The number of benzene rings is 1.